The fourth-order valence-electron chi connectivity index (χ4n) is 6.72. The number of halogens is 5. The summed E-state index contributed by atoms with van der Waals surface area (Å²) >= 11 is 0. The third-order valence-electron chi connectivity index (χ3n) is 10.2. The smallest absolute Gasteiger partial charge is 1.00 e. The quantitative estimate of drug-likeness (QED) is 0.0608. The second-order valence-corrected chi connectivity index (χ2v) is 16.5. The number of aliphatic hydroxyl groups is 1. The summed E-state index contributed by atoms with van der Waals surface area (Å²) in [6, 6.07) is 23.7. The van der Waals surface area contributed by atoms with Crippen LogP contribution in [0.5, 0.6) is 5.75 Å². The summed E-state index contributed by atoms with van der Waals surface area (Å²) in [6.07, 6.45) is 1.51. The largest absolute Gasteiger partial charge is 1.00 e. The molecule has 8 aromatic rings. The van der Waals surface area contributed by atoms with E-state index in [1.54, 1.807) is 38.1 Å². The number of hydrogen-bond donors (Lipinski definition) is 1. The summed E-state index contributed by atoms with van der Waals surface area (Å²) in [5.41, 5.74) is 2.79. The summed E-state index contributed by atoms with van der Waals surface area (Å²) in [5.74, 6) is -4.57. The van der Waals surface area contributed by atoms with Crippen molar-refractivity contribution in [3.05, 3.63) is 170 Å². The van der Waals surface area contributed by atoms with E-state index in [-0.39, 0.29) is 78.8 Å². The molecular weight excluding hydrogens is 955 g/mol. The van der Waals surface area contributed by atoms with Gasteiger partial charge in [-0.3, -0.25) is 9.59 Å². The molecule has 0 fully saturated rings. The zero-order valence-electron chi connectivity index (χ0n) is 41.7. The van der Waals surface area contributed by atoms with Crippen molar-refractivity contribution in [2.24, 2.45) is 0 Å². The SMILES string of the molecule is CN(C)CCCO.Cc1nc(-c2cccc(Cn3nc(-c4cc(F)c(F)c(F)c4)ccc3=O)c2)no1.Cc1nc(-c2cccc(Cn3nc(-c4cc(F)c(OCCCN(C)C)c(F)c4)ccc3=O)c2)no1.[H-].[Na+]. The van der Waals surface area contributed by atoms with Crippen molar-refractivity contribution in [1.29, 1.82) is 0 Å². The Balaban J connectivity index is 0.000000276. The maximum atomic E-state index is 14.6. The van der Waals surface area contributed by atoms with E-state index < -0.39 is 40.4 Å². The van der Waals surface area contributed by atoms with Gasteiger partial charge in [0.2, 0.25) is 23.4 Å². The Hall–Kier alpha value is -6.75. The predicted molar refractivity (Wildman–Crippen MR) is 255 cm³/mol. The molecule has 0 bridgehead atoms. The second kappa shape index (κ2) is 26.6. The average Bonchev–Trinajstić information content (AvgIpc) is 3.99. The van der Waals surface area contributed by atoms with Gasteiger partial charge in [0.25, 0.3) is 11.1 Å². The number of ether oxygens (including phenoxy) is 1. The Morgan fingerprint density at radius 1 is 0.597 bits per heavy atom. The summed E-state index contributed by atoms with van der Waals surface area (Å²) in [6.45, 7) is 5.84. The molecule has 0 saturated heterocycles. The van der Waals surface area contributed by atoms with Gasteiger partial charge < -0.3 is 30.1 Å². The molecule has 374 valence electrons. The van der Waals surface area contributed by atoms with Gasteiger partial charge in [0.05, 0.1) is 31.1 Å². The molecule has 0 radical (unpaired) electrons. The summed E-state index contributed by atoms with van der Waals surface area (Å²) in [5, 5.41) is 24.5. The molecule has 0 saturated carbocycles. The van der Waals surface area contributed by atoms with E-state index in [0.29, 0.717) is 42.0 Å². The van der Waals surface area contributed by atoms with E-state index >= 15 is 0 Å². The number of rotatable bonds is 16. The van der Waals surface area contributed by atoms with Crippen molar-refractivity contribution in [2.45, 2.75) is 39.8 Å². The van der Waals surface area contributed by atoms with Gasteiger partial charge in [-0.2, -0.15) is 20.2 Å². The zero-order valence-corrected chi connectivity index (χ0v) is 42.7. The van der Waals surface area contributed by atoms with Crippen LogP contribution in [0.25, 0.3) is 45.3 Å². The first-order valence-electron chi connectivity index (χ1n) is 22.1. The Labute approximate surface area is 434 Å². The Bertz CT molecular complexity index is 3140. The number of aryl methyl sites for hydroxylation is 2. The predicted octanol–water partition coefficient (Wildman–Crippen LogP) is 4.71. The van der Waals surface area contributed by atoms with Crippen molar-refractivity contribution in [3.63, 3.8) is 0 Å². The van der Waals surface area contributed by atoms with E-state index in [4.69, 9.17) is 18.9 Å². The van der Waals surface area contributed by atoms with Gasteiger partial charge in [-0.05, 0) is 107 Å². The molecule has 72 heavy (non-hydrogen) atoms. The van der Waals surface area contributed by atoms with Crippen LogP contribution in [0.15, 0.2) is 116 Å². The number of aromatic nitrogens is 8. The standard InChI is InChI=1S/C25H25F2N5O3.C20H13F3N4O2.C5H13NO.Na.H/c1-16-28-25(30-35-16)18-7-4-6-17(12-18)15-32-23(33)9-8-22(29-32)19-13-20(26)24(21(27)14-19)34-11-5-10-31(2)3;1-11-24-20(26-29-11)13-4-2-3-12(7-13)10-27-18(28)6-5-17(25-27)14-8-15(21)19(23)16(22)9-14;1-6(2)4-3-5-7;;/h4,6-9,12-14H,5,10-11,15H2,1-3H3;2-9H,10H2,1H3;7H,3-5H2,1-2H3;;/q;;;+1;-1. The van der Waals surface area contributed by atoms with Gasteiger partial charge in [0.1, 0.15) is 0 Å². The van der Waals surface area contributed by atoms with Gasteiger partial charge in [-0.1, -0.05) is 46.7 Å². The molecular formula is C50H52F5N10NaO6. The van der Waals surface area contributed by atoms with Crippen LogP contribution in [-0.4, -0.2) is 109 Å². The van der Waals surface area contributed by atoms with Crippen LogP contribution in [0.3, 0.4) is 0 Å². The fourth-order valence-corrected chi connectivity index (χ4v) is 6.72. The van der Waals surface area contributed by atoms with Crippen LogP contribution >= 0.6 is 0 Å². The third kappa shape index (κ3) is 15.9. The fraction of sp³-hybridized carbons (Fsp3) is 0.280. The molecule has 4 aromatic carbocycles. The molecule has 0 aliphatic carbocycles. The normalized spacial score (nSPS) is 10.9. The minimum absolute atomic E-state index is 0. The van der Waals surface area contributed by atoms with Crippen molar-refractivity contribution < 1.29 is 71.8 Å². The minimum Gasteiger partial charge on any atom is -1.00 e. The maximum Gasteiger partial charge on any atom is 1.00 e. The van der Waals surface area contributed by atoms with Crippen LogP contribution < -0.4 is 45.4 Å². The average molecular weight is 1010 g/mol. The molecule has 0 unspecified atom stereocenters. The Kier molecular flexibility index (Phi) is 20.8. The number of nitrogens with zero attached hydrogens (tertiary/aromatic N) is 10. The molecule has 0 spiro atoms. The summed E-state index contributed by atoms with van der Waals surface area (Å²) in [7, 11) is 7.81. The minimum atomic E-state index is -1.56. The molecule has 0 atom stereocenters. The molecule has 0 amide bonds. The first-order chi connectivity index (χ1) is 34.0. The van der Waals surface area contributed by atoms with Gasteiger partial charge in [0, 0.05) is 61.4 Å². The second-order valence-electron chi connectivity index (χ2n) is 16.5. The topological polar surface area (TPSA) is 184 Å². The Morgan fingerprint density at radius 2 is 1.03 bits per heavy atom. The number of benzene rings is 4. The molecule has 22 heteroatoms. The monoisotopic (exact) mass is 1010 g/mol. The van der Waals surface area contributed by atoms with Crippen LogP contribution in [0, 0.1) is 42.9 Å². The van der Waals surface area contributed by atoms with Gasteiger partial charge in [0.15, 0.2) is 34.8 Å². The Morgan fingerprint density at radius 3 is 1.42 bits per heavy atom. The number of aliphatic hydroxyl groups excluding tert-OH is 1. The van der Waals surface area contributed by atoms with E-state index in [0.717, 1.165) is 65.1 Å². The van der Waals surface area contributed by atoms with Gasteiger partial charge in [-0.15, -0.1) is 0 Å². The summed E-state index contributed by atoms with van der Waals surface area (Å²) in [4.78, 5) is 37.0. The van der Waals surface area contributed by atoms with Crippen LogP contribution in [0.1, 0.15) is 37.2 Å². The molecule has 4 aromatic heterocycles. The first-order valence-corrected chi connectivity index (χ1v) is 22.1. The molecule has 0 aliphatic heterocycles. The van der Waals surface area contributed by atoms with Crippen LogP contribution in [-0.2, 0) is 13.1 Å². The van der Waals surface area contributed by atoms with Gasteiger partial charge in [-0.25, -0.2) is 31.3 Å². The van der Waals surface area contributed by atoms with E-state index in [9.17, 15) is 31.5 Å². The molecule has 0 aliphatic rings. The zero-order chi connectivity index (χ0) is 51.2. The molecule has 16 nitrogen and oxygen atoms in total. The van der Waals surface area contributed by atoms with Gasteiger partial charge >= 0.3 is 29.6 Å². The van der Waals surface area contributed by atoms with Crippen LogP contribution in [0.2, 0.25) is 0 Å². The number of hydrogen-bond acceptors (Lipinski definition) is 14. The molecule has 4 heterocycles. The van der Waals surface area contributed by atoms with E-state index in [1.165, 1.54) is 28.9 Å². The van der Waals surface area contributed by atoms with Crippen LogP contribution in [0.4, 0.5) is 22.0 Å². The van der Waals surface area contributed by atoms with E-state index in [1.807, 2.05) is 57.4 Å². The van der Waals surface area contributed by atoms with Crippen molar-refractivity contribution >= 4 is 0 Å². The molecule has 8 rings (SSSR count). The third-order valence-corrected chi connectivity index (χ3v) is 10.2. The first kappa shape index (κ1) is 56.2. The van der Waals surface area contributed by atoms with Crippen molar-refractivity contribution in [1.82, 2.24) is 49.6 Å². The summed E-state index contributed by atoms with van der Waals surface area (Å²) < 4.78 is 87.2. The van der Waals surface area contributed by atoms with E-state index in [2.05, 4.69) is 35.4 Å². The van der Waals surface area contributed by atoms with Crippen molar-refractivity contribution in [3.8, 4) is 51.0 Å². The molecule has 1 N–H and O–H groups in total. The van der Waals surface area contributed by atoms with Crippen molar-refractivity contribution in [2.75, 3.05) is 54.5 Å². The maximum absolute atomic E-state index is 14.6.